The number of aryl methyl sites for hydroxylation is 1. The fourth-order valence-corrected chi connectivity index (χ4v) is 4.42. The summed E-state index contributed by atoms with van der Waals surface area (Å²) in [5.74, 6) is 0.510. The molecule has 0 radical (unpaired) electrons. The molecule has 0 aliphatic rings. The Morgan fingerprint density at radius 2 is 1.80 bits per heavy atom. The molecule has 0 bridgehead atoms. The molecule has 0 unspecified atom stereocenters. The number of hydrogen-bond acceptors (Lipinski definition) is 4. The Hall–Kier alpha value is -3.58. The van der Waals surface area contributed by atoms with Gasteiger partial charge in [0, 0.05) is 34.4 Å². The molecular weight excluding hydrogens is 400 g/mol. The van der Waals surface area contributed by atoms with Crippen molar-refractivity contribution in [2.45, 2.75) is 11.8 Å². The number of benzene rings is 3. The maximum atomic E-state index is 13.0. The summed E-state index contributed by atoms with van der Waals surface area (Å²) in [4.78, 5) is 15.3. The summed E-state index contributed by atoms with van der Waals surface area (Å²) in [7, 11) is -2.29. The number of aromatic amines is 1. The molecule has 1 heterocycles. The molecule has 0 amide bonds. The predicted molar refractivity (Wildman–Crippen MR) is 119 cm³/mol. The van der Waals surface area contributed by atoms with E-state index < -0.39 is 10.0 Å². The molecule has 4 aromatic rings. The van der Waals surface area contributed by atoms with E-state index in [1.54, 1.807) is 48.7 Å². The van der Waals surface area contributed by atoms with E-state index in [0.717, 1.165) is 5.56 Å². The van der Waals surface area contributed by atoms with E-state index in [2.05, 4.69) is 9.71 Å². The maximum absolute atomic E-state index is 13.0. The van der Waals surface area contributed by atoms with Crippen LogP contribution in [0.4, 0.5) is 5.69 Å². The highest BCUT2D eigenvalue weighted by Gasteiger charge is 2.18. The molecule has 2 N–H and O–H groups in total. The second-order valence-electron chi connectivity index (χ2n) is 6.94. The van der Waals surface area contributed by atoms with Crippen LogP contribution in [0.1, 0.15) is 5.56 Å². The van der Waals surface area contributed by atoms with Crippen LogP contribution in [0.5, 0.6) is 5.75 Å². The first-order valence-corrected chi connectivity index (χ1v) is 10.7. The van der Waals surface area contributed by atoms with Gasteiger partial charge in [-0.3, -0.25) is 9.52 Å². The summed E-state index contributed by atoms with van der Waals surface area (Å²) in [5, 5.41) is 0.517. The molecule has 6 nitrogen and oxygen atoms in total. The van der Waals surface area contributed by atoms with Crippen LogP contribution in [0, 0.1) is 6.92 Å². The van der Waals surface area contributed by atoms with Crippen molar-refractivity contribution in [3.8, 4) is 16.9 Å². The molecule has 4 rings (SSSR count). The van der Waals surface area contributed by atoms with Crippen LogP contribution in [0.3, 0.4) is 0 Å². The van der Waals surface area contributed by atoms with Crippen molar-refractivity contribution in [3.63, 3.8) is 0 Å². The number of nitrogens with one attached hydrogen (secondary N) is 2. The number of anilines is 1. The van der Waals surface area contributed by atoms with Gasteiger partial charge >= 0.3 is 0 Å². The highest BCUT2D eigenvalue weighted by molar-refractivity contribution is 7.92. The molecule has 7 heteroatoms. The average Bonchev–Trinajstić information content (AvgIpc) is 2.73. The SMILES string of the molecule is COc1ccc(S(=O)(=O)Nc2cccc(C)c2)cc1-c1ccc2[nH]ccc(=O)c2c1. The van der Waals surface area contributed by atoms with E-state index in [-0.39, 0.29) is 10.3 Å². The van der Waals surface area contributed by atoms with Gasteiger partial charge in [-0.25, -0.2) is 8.42 Å². The van der Waals surface area contributed by atoms with Crippen molar-refractivity contribution in [2.24, 2.45) is 0 Å². The number of rotatable bonds is 5. The van der Waals surface area contributed by atoms with Crippen LogP contribution in [-0.2, 0) is 10.0 Å². The van der Waals surface area contributed by atoms with E-state index in [0.29, 0.717) is 33.5 Å². The predicted octanol–water partition coefficient (Wildman–Crippen LogP) is 4.31. The smallest absolute Gasteiger partial charge is 0.261 e. The average molecular weight is 420 g/mol. The van der Waals surface area contributed by atoms with Crippen LogP contribution in [-0.4, -0.2) is 20.5 Å². The van der Waals surface area contributed by atoms with Crippen molar-refractivity contribution in [1.82, 2.24) is 4.98 Å². The maximum Gasteiger partial charge on any atom is 0.261 e. The first-order valence-electron chi connectivity index (χ1n) is 9.27. The van der Waals surface area contributed by atoms with Gasteiger partial charge in [-0.2, -0.15) is 0 Å². The summed E-state index contributed by atoms with van der Waals surface area (Å²) in [6.45, 7) is 1.89. The molecule has 152 valence electrons. The number of aromatic nitrogens is 1. The van der Waals surface area contributed by atoms with Gasteiger partial charge in [-0.15, -0.1) is 0 Å². The van der Waals surface area contributed by atoms with Gasteiger partial charge < -0.3 is 9.72 Å². The van der Waals surface area contributed by atoms with Crippen molar-refractivity contribution >= 4 is 26.6 Å². The molecule has 0 fully saturated rings. The molecule has 0 atom stereocenters. The quantitative estimate of drug-likeness (QED) is 0.503. The van der Waals surface area contributed by atoms with Gasteiger partial charge in [-0.1, -0.05) is 18.2 Å². The van der Waals surface area contributed by atoms with Crippen molar-refractivity contribution < 1.29 is 13.2 Å². The Morgan fingerprint density at radius 3 is 2.57 bits per heavy atom. The third-order valence-electron chi connectivity index (χ3n) is 4.82. The largest absolute Gasteiger partial charge is 0.496 e. The highest BCUT2D eigenvalue weighted by Crippen LogP contribution is 2.33. The Labute approximate surface area is 174 Å². The van der Waals surface area contributed by atoms with Gasteiger partial charge in [0.15, 0.2) is 5.43 Å². The molecule has 0 saturated carbocycles. The molecule has 3 aromatic carbocycles. The Bertz CT molecular complexity index is 1410. The van der Waals surface area contributed by atoms with Crippen LogP contribution in [0.25, 0.3) is 22.0 Å². The van der Waals surface area contributed by atoms with Gasteiger partial charge in [0.05, 0.1) is 12.0 Å². The zero-order chi connectivity index (χ0) is 21.3. The fourth-order valence-electron chi connectivity index (χ4n) is 3.34. The molecule has 0 aliphatic heterocycles. The minimum atomic E-state index is -3.81. The first kappa shape index (κ1) is 19.7. The summed E-state index contributed by atoms with van der Waals surface area (Å²) in [6, 6.07) is 18.6. The number of pyridine rings is 1. The molecule has 0 aliphatic carbocycles. The van der Waals surface area contributed by atoms with Crippen molar-refractivity contribution in [1.29, 1.82) is 0 Å². The number of methoxy groups -OCH3 is 1. The van der Waals surface area contributed by atoms with Crippen molar-refractivity contribution in [2.75, 3.05) is 11.8 Å². The van der Waals surface area contributed by atoms with Crippen LogP contribution >= 0.6 is 0 Å². The standard InChI is InChI=1S/C23H20N2O4S/c1-15-4-3-5-17(12-15)25-30(27,28)18-7-9-23(29-2)19(14-18)16-6-8-21-20(13-16)22(26)10-11-24-21/h3-14,25H,1-2H3,(H,24,26). The summed E-state index contributed by atoms with van der Waals surface area (Å²) >= 11 is 0. The van der Waals surface area contributed by atoms with Gasteiger partial charge in [-0.05, 0) is 60.5 Å². The summed E-state index contributed by atoms with van der Waals surface area (Å²) in [6.07, 6.45) is 1.59. The molecule has 0 saturated heterocycles. The lowest BCUT2D eigenvalue weighted by Crippen LogP contribution is -2.13. The van der Waals surface area contributed by atoms with Crippen LogP contribution in [0.2, 0.25) is 0 Å². The van der Waals surface area contributed by atoms with E-state index in [9.17, 15) is 13.2 Å². The number of ether oxygens (including phenoxy) is 1. The third kappa shape index (κ3) is 3.79. The Kier molecular flexibility index (Phi) is 5.05. The monoisotopic (exact) mass is 420 g/mol. The van der Waals surface area contributed by atoms with Crippen molar-refractivity contribution in [3.05, 3.63) is 88.7 Å². The highest BCUT2D eigenvalue weighted by atomic mass is 32.2. The van der Waals surface area contributed by atoms with Crippen LogP contribution < -0.4 is 14.9 Å². The number of sulfonamides is 1. The lowest BCUT2D eigenvalue weighted by Gasteiger charge is -2.13. The summed E-state index contributed by atoms with van der Waals surface area (Å²) in [5.41, 5.74) is 3.29. The molecular formula is C23H20N2O4S. The zero-order valence-electron chi connectivity index (χ0n) is 16.5. The minimum absolute atomic E-state index is 0.0990. The first-order chi connectivity index (χ1) is 14.4. The summed E-state index contributed by atoms with van der Waals surface area (Å²) < 4.78 is 34.0. The van der Waals surface area contributed by atoms with E-state index >= 15 is 0 Å². The van der Waals surface area contributed by atoms with Gasteiger partial charge in [0.25, 0.3) is 10.0 Å². The Morgan fingerprint density at radius 1 is 0.967 bits per heavy atom. The number of hydrogen-bond donors (Lipinski definition) is 2. The molecule has 1 aromatic heterocycles. The molecule has 0 spiro atoms. The zero-order valence-corrected chi connectivity index (χ0v) is 17.3. The third-order valence-corrected chi connectivity index (χ3v) is 6.20. The Balaban J connectivity index is 1.81. The van der Waals surface area contributed by atoms with E-state index in [1.165, 1.54) is 19.2 Å². The molecule has 30 heavy (non-hydrogen) atoms. The number of H-pyrrole nitrogens is 1. The van der Waals surface area contributed by atoms with Gasteiger partial charge in [0.2, 0.25) is 0 Å². The van der Waals surface area contributed by atoms with E-state index in [1.807, 2.05) is 19.1 Å². The fraction of sp³-hybridized carbons (Fsp3) is 0.0870. The minimum Gasteiger partial charge on any atom is -0.496 e. The normalized spacial score (nSPS) is 11.4. The lowest BCUT2D eigenvalue weighted by molar-refractivity contribution is 0.416. The second kappa shape index (κ2) is 7.68. The van der Waals surface area contributed by atoms with E-state index in [4.69, 9.17) is 4.74 Å². The number of fused-ring (bicyclic) bond motifs is 1. The van der Waals surface area contributed by atoms with Crippen LogP contribution in [0.15, 0.2) is 82.6 Å². The second-order valence-corrected chi connectivity index (χ2v) is 8.62. The topological polar surface area (TPSA) is 88.3 Å². The van der Waals surface area contributed by atoms with Gasteiger partial charge in [0.1, 0.15) is 5.75 Å². The lowest BCUT2D eigenvalue weighted by atomic mass is 10.0.